The number of morpholine rings is 1. The number of nitrogens with one attached hydrogen (secondary N) is 1. The molecule has 1 aromatic heterocycles. The summed E-state index contributed by atoms with van der Waals surface area (Å²) >= 11 is 0. The number of hydrogen-bond donors (Lipinski definition) is 1. The van der Waals surface area contributed by atoms with Crippen LogP contribution in [0.4, 0.5) is 5.95 Å². The van der Waals surface area contributed by atoms with Gasteiger partial charge in [0.1, 0.15) is 0 Å². The van der Waals surface area contributed by atoms with Gasteiger partial charge in [0.25, 0.3) is 0 Å². The van der Waals surface area contributed by atoms with Gasteiger partial charge in [-0.15, -0.1) is 0 Å². The highest BCUT2D eigenvalue weighted by Gasteiger charge is 2.25. The van der Waals surface area contributed by atoms with Crippen LogP contribution in [-0.4, -0.2) is 73.3 Å². The van der Waals surface area contributed by atoms with Gasteiger partial charge in [-0.3, -0.25) is 9.69 Å². The Morgan fingerprint density at radius 2 is 1.87 bits per heavy atom. The van der Waals surface area contributed by atoms with Gasteiger partial charge in [0, 0.05) is 57.6 Å². The van der Waals surface area contributed by atoms with E-state index in [0.717, 1.165) is 71.3 Å². The van der Waals surface area contributed by atoms with E-state index in [1.807, 2.05) is 6.07 Å². The van der Waals surface area contributed by atoms with Gasteiger partial charge >= 0.3 is 0 Å². The molecule has 0 aromatic carbocycles. The lowest BCUT2D eigenvalue weighted by Gasteiger charge is -2.31. The Morgan fingerprint density at radius 3 is 2.57 bits per heavy atom. The molecule has 0 atom stereocenters. The first-order chi connectivity index (χ1) is 11.3. The summed E-state index contributed by atoms with van der Waals surface area (Å²) in [6, 6.07) is 1.82. The van der Waals surface area contributed by atoms with Gasteiger partial charge in [-0.1, -0.05) is 0 Å². The monoisotopic (exact) mass is 319 g/mol. The molecule has 3 heterocycles. The second-order valence-corrected chi connectivity index (χ2v) is 6.06. The van der Waals surface area contributed by atoms with Crippen molar-refractivity contribution in [2.45, 2.75) is 12.8 Å². The van der Waals surface area contributed by atoms with E-state index in [1.165, 1.54) is 0 Å². The fourth-order valence-electron chi connectivity index (χ4n) is 3.10. The van der Waals surface area contributed by atoms with Crippen molar-refractivity contribution in [1.29, 1.82) is 0 Å². The molecule has 0 aliphatic carbocycles. The molecule has 0 unspecified atom stereocenters. The maximum absolute atomic E-state index is 12.3. The molecule has 7 heteroatoms. The van der Waals surface area contributed by atoms with Crippen LogP contribution in [-0.2, 0) is 9.53 Å². The van der Waals surface area contributed by atoms with Gasteiger partial charge in [0.05, 0.1) is 13.2 Å². The predicted octanol–water partition coefficient (Wildman–Crippen LogP) is 0.141. The number of rotatable bonds is 5. The van der Waals surface area contributed by atoms with Crippen LogP contribution in [0.3, 0.4) is 0 Å². The summed E-state index contributed by atoms with van der Waals surface area (Å²) in [6.07, 6.45) is 5.24. The molecule has 2 aliphatic rings. The topological polar surface area (TPSA) is 70.6 Å². The zero-order chi connectivity index (χ0) is 15.9. The van der Waals surface area contributed by atoms with Crippen molar-refractivity contribution < 1.29 is 9.53 Å². The number of carbonyl (C=O) groups is 1. The van der Waals surface area contributed by atoms with E-state index < -0.39 is 0 Å². The predicted molar refractivity (Wildman–Crippen MR) is 87.2 cm³/mol. The number of nitrogens with zero attached hydrogens (tertiary/aromatic N) is 4. The molecule has 2 fully saturated rings. The maximum Gasteiger partial charge on any atom is 0.225 e. The standard InChI is InChI=1S/C16H25N5O2/c22-15(17-6-9-20-10-12-23-13-11-20)14-2-7-21(8-3-14)16-18-4-1-5-19-16/h1,4-5,14H,2-3,6-13H2,(H,17,22). The number of carbonyl (C=O) groups excluding carboxylic acids is 1. The van der Waals surface area contributed by atoms with Crippen molar-refractivity contribution in [1.82, 2.24) is 20.2 Å². The van der Waals surface area contributed by atoms with E-state index in [2.05, 4.69) is 25.1 Å². The van der Waals surface area contributed by atoms with Crippen LogP contribution in [0, 0.1) is 5.92 Å². The highest BCUT2D eigenvalue weighted by molar-refractivity contribution is 5.78. The normalized spacial score (nSPS) is 20.4. The van der Waals surface area contributed by atoms with Crippen molar-refractivity contribution in [3.8, 4) is 0 Å². The molecule has 2 saturated heterocycles. The first kappa shape index (κ1) is 16.1. The van der Waals surface area contributed by atoms with E-state index in [-0.39, 0.29) is 11.8 Å². The smallest absolute Gasteiger partial charge is 0.225 e. The summed E-state index contributed by atoms with van der Waals surface area (Å²) in [7, 11) is 0. The third-order valence-electron chi connectivity index (χ3n) is 4.53. The van der Waals surface area contributed by atoms with Crippen molar-refractivity contribution in [2.75, 3.05) is 57.4 Å². The molecule has 126 valence electrons. The molecular formula is C16H25N5O2. The number of ether oxygens (including phenoxy) is 1. The quantitative estimate of drug-likeness (QED) is 0.832. The molecule has 1 amide bonds. The summed E-state index contributed by atoms with van der Waals surface area (Å²) in [5.74, 6) is 1.06. The first-order valence-corrected chi connectivity index (χ1v) is 8.43. The highest BCUT2D eigenvalue weighted by atomic mass is 16.5. The average Bonchev–Trinajstić information content (AvgIpc) is 2.63. The minimum absolute atomic E-state index is 0.111. The summed E-state index contributed by atoms with van der Waals surface area (Å²) in [5.41, 5.74) is 0. The van der Waals surface area contributed by atoms with Crippen molar-refractivity contribution in [3.63, 3.8) is 0 Å². The second kappa shape index (κ2) is 8.21. The zero-order valence-corrected chi connectivity index (χ0v) is 13.5. The Hall–Kier alpha value is -1.73. The van der Waals surface area contributed by atoms with Crippen molar-refractivity contribution in [3.05, 3.63) is 18.5 Å². The summed E-state index contributed by atoms with van der Waals surface area (Å²) in [5, 5.41) is 3.08. The van der Waals surface area contributed by atoms with Crippen LogP contribution in [0.5, 0.6) is 0 Å². The Balaban J connectivity index is 1.36. The van der Waals surface area contributed by atoms with Crippen LogP contribution >= 0.6 is 0 Å². The lowest BCUT2D eigenvalue weighted by atomic mass is 9.96. The van der Waals surface area contributed by atoms with Gasteiger partial charge in [-0.05, 0) is 18.9 Å². The van der Waals surface area contributed by atoms with Gasteiger partial charge in [0.15, 0.2) is 0 Å². The van der Waals surface area contributed by atoms with E-state index >= 15 is 0 Å². The first-order valence-electron chi connectivity index (χ1n) is 8.43. The van der Waals surface area contributed by atoms with Gasteiger partial charge in [-0.2, -0.15) is 0 Å². The molecule has 3 rings (SSSR count). The van der Waals surface area contributed by atoms with Crippen LogP contribution in [0.15, 0.2) is 18.5 Å². The van der Waals surface area contributed by atoms with Crippen LogP contribution < -0.4 is 10.2 Å². The molecule has 0 bridgehead atoms. The van der Waals surface area contributed by atoms with E-state index in [4.69, 9.17) is 4.74 Å². The summed E-state index contributed by atoms with van der Waals surface area (Å²) in [4.78, 5) is 25.3. The fraction of sp³-hybridized carbons (Fsp3) is 0.688. The second-order valence-electron chi connectivity index (χ2n) is 6.06. The molecule has 23 heavy (non-hydrogen) atoms. The van der Waals surface area contributed by atoms with Gasteiger partial charge in [0.2, 0.25) is 11.9 Å². The van der Waals surface area contributed by atoms with Gasteiger partial charge in [-0.25, -0.2) is 9.97 Å². The molecular weight excluding hydrogens is 294 g/mol. The average molecular weight is 319 g/mol. The van der Waals surface area contributed by atoms with Crippen LogP contribution in [0.1, 0.15) is 12.8 Å². The third-order valence-corrected chi connectivity index (χ3v) is 4.53. The Labute approximate surface area is 137 Å². The minimum Gasteiger partial charge on any atom is -0.379 e. The molecule has 2 aliphatic heterocycles. The lowest BCUT2D eigenvalue weighted by Crippen LogP contribution is -2.44. The number of amides is 1. The van der Waals surface area contributed by atoms with Crippen LogP contribution in [0.2, 0.25) is 0 Å². The van der Waals surface area contributed by atoms with Crippen LogP contribution in [0.25, 0.3) is 0 Å². The summed E-state index contributed by atoms with van der Waals surface area (Å²) < 4.78 is 5.32. The zero-order valence-electron chi connectivity index (χ0n) is 13.5. The largest absolute Gasteiger partial charge is 0.379 e. The number of anilines is 1. The Morgan fingerprint density at radius 1 is 1.17 bits per heavy atom. The Bertz CT molecular complexity index is 485. The van der Waals surface area contributed by atoms with E-state index in [0.29, 0.717) is 0 Å². The van der Waals surface area contributed by atoms with E-state index in [1.54, 1.807) is 12.4 Å². The van der Waals surface area contributed by atoms with E-state index in [9.17, 15) is 4.79 Å². The maximum atomic E-state index is 12.3. The molecule has 1 N–H and O–H groups in total. The van der Waals surface area contributed by atoms with Crippen molar-refractivity contribution >= 4 is 11.9 Å². The number of aromatic nitrogens is 2. The fourth-order valence-corrected chi connectivity index (χ4v) is 3.10. The Kier molecular flexibility index (Phi) is 5.76. The SMILES string of the molecule is O=C(NCCN1CCOCC1)C1CCN(c2ncccn2)CC1. The third kappa shape index (κ3) is 4.62. The van der Waals surface area contributed by atoms with Crippen molar-refractivity contribution in [2.24, 2.45) is 5.92 Å². The minimum atomic E-state index is 0.111. The molecule has 0 spiro atoms. The molecule has 0 saturated carbocycles. The number of piperidine rings is 1. The summed E-state index contributed by atoms with van der Waals surface area (Å²) in [6.45, 7) is 6.84. The number of hydrogen-bond acceptors (Lipinski definition) is 6. The highest BCUT2D eigenvalue weighted by Crippen LogP contribution is 2.20. The van der Waals surface area contributed by atoms with Gasteiger partial charge < -0.3 is 15.0 Å². The molecule has 0 radical (unpaired) electrons. The lowest BCUT2D eigenvalue weighted by molar-refractivity contribution is -0.125. The molecule has 7 nitrogen and oxygen atoms in total. The molecule has 1 aromatic rings.